The van der Waals surface area contributed by atoms with Crippen molar-refractivity contribution in [2.45, 2.75) is 37.3 Å². The molecule has 0 saturated heterocycles. The third-order valence-corrected chi connectivity index (χ3v) is 3.55. The lowest BCUT2D eigenvalue weighted by molar-refractivity contribution is -0.00526. The number of hydrogen-bond acceptors (Lipinski definition) is 3. The summed E-state index contributed by atoms with van der Waals surface area (Å²) in [6.45, 7) is 0. The number of aliphatic hydroxyl groups is 1. The minimum atomic E-state index is -0.941. The Morgan fingerprint density at radius 3 is 2.59 bits per heavy atom. The quantitative estimate of drug-likeness (QED) is 0.829. The fraction of sp³-hybridized carbons (Fsp3) is 0.538. The molecule has 0 radical (unpaired) electrons. The zero-order chi connectivity index (χ0) is 12.5. The van der Waals surface area contributed by atoms with Crippen molar-refractivity contribution in [3.8, 4) is 5.75 Å². The number of nitrogens with two attached hydrogens (primary N) is 1. The van der Waals surface area contributed by atoms with E-state index in [1.807, 2.05) is 0 Å². The summed E-state index contributed by atoms with van der Waals surface area (Å²) in [5.74, 6) is -0.238. The number of ether oxygens (including phenoxy) is 1. The van der Waals surface area contributed by atoms with Crippen molar-refractivity contribution in [2.24, 2.45) is 5.73 Å². The van der Waals surface area contributed by atoms with Gasteiger partial charge in [-0.2, -0.15) is 0 Å². The smallest absolute Gasteiger partial charge is 0.165 e. The standard InChI is InChI=1S/C13H18FNO2/c1-17-12-3-2-9(8-11(12)14)13(16)6-4-10(15)5-7-13/h2-3,8,10,16H,4-7,15H2,1H3. The molecule has 3 N–H and O–H groups in total. The third kappa shape index (κ3) is 2.42. The molecule has 94 valence electrons. The topological polar surface area (TPSA) is 55.5 Å². The van der Waals surface area contributed by atoms with Gasteiger partial charge in [0.25, 0.3) is 0 Å². The Hall–Kier alpha value is -1.13. The van der Waals surface area contributed by atoms with Gasteiger partial charge in [0.1, 0.15) is 0 Å². The van der Waals surface area contributed by atoms with Gasteiger partial charge in [-0.25, -0.2) is 4.39 Å². The van der Waals surface area contributed by atoms with E-state index < -0.39 is 11.4 Å². The second-order valence-corrected chi connectivity index (χ2v) is 4.72. The minimum absolute atomic E-state index is 0.151. The largest absolute Gasteiger partial charge is 0.494 e. The van der Waals surface area contributed by atoms with Crippen LogP contribution in [0.3, 0.4) is 0 Å². The summed E-state index contributed by atoms with van der Waals surface area (Å²) >= 11 is 0. The van der Waals surface area contributed by atoms with Crippen LogP contribution in [0.2, 0.25) is 0 Å². The Morgan fingerprint density at radius 1 is 1.41 bits per heavy atom. The highest BCUT2D eigenvalue weighted by molar-refractivity contribution is 5.32. The molecule has 1 saturated carbocycles. The van der Waals surface area contributed by atoms with Gasteiger partial charge >= 0.3 is 0 Å². The summed E-state index contributed by atoms with van der Waals surface area (Å²) in [5, 5.41) is 10.5. The second-order valence-electron chi connectivity index (χ2n) is 4.72. The van der Waals surface area contributed by atoms with Crippen LogP contribution in [0.4, 0.5) is 4.39 Å². The number of halogens is 1. The average Bonchev–Trinajstić information content (AvgIpc) is 2.33. The van der Waals surface area contributed by atoms with Gasteiger partial charge in [0.05, 0.1) is 12.7 Å². The number of hydrogen-bond donors (Lipinski definition) is 2. The molecule has 0 amide bonds. The second kappa shape index (κ2) is 4.63. The Labute approximate surface area is 100 Å². The summed E-state index contributed by atoms with van der Waals surface area (Å²) < 4.78 is 18.5. The maximum Gasteiger partial charge on any atom is 0.165 e. The van der Waals surface area contributed by atoms with E-state index in [0.29, 0.717) is 18.4 Å². The average molecular weight is 239 g/mol. The summed E-state index contributed by atoms with van der Waals surface area (Å²) in [7, 11) is 1.42. The van der Waals surface area contributed by atoms with Gasteiger partial charge in [0.2, 0.25) is 0 Å². The molecule has 0 spiro atoms. The molecule has 0 atom stereocenters. The number of methoxy groups -OCH3 is 1. The highest BCUT2D eigenvalue weighted by atomic mass is 19.1. The van der Waals surface area contributed by atoms with Gasteiger partial charge in [-0.15, -0.1) is 0 Å². The molecule has 17 heavy (non-hydrogen) atoms. The van der Waals surface area contributed by atoms with Crippen LogP contribution in [-0.2, 0) is 5.60 Å². The molecule has 1 fully saturated rings. The predicted molar refractivity (Wildman–Crippen MR) is 63.3 cm³/mol. The molecule has 0 heterocycles. The Bertz CT molecular complexity index is 400. The fourth-order valence-corrected chi connectivity index (χ4v) is 2.36. The third-order valence-electron chi connectivity index (χ3n) is 3.55. The van der Waals surface area contributed by atoms with E-state index in [-0.39, 0.29) is 11.8 Å². The Kier molecular flexibility index (Phi) is 3.35. The molecule has 1 aliphatic carbocycles. The van der Waals surface area contributed by atoms with E-state index >= 15 is 0 Å². The van der Waals surface area contributed by atoms with E-state index in [2.05, 4.69) is 0 Å². The predicted octanol–water partition coefficient (Wildman–Crippen LogP) is 1.92. The van der Waals surface area contributed by atoms with Crippen molar-refractivity contribution >= 4 is 0 Å². The number of benzene rings is 1. The van der Waals surface area contributed by atoms with E-state index in [1.54, 1.807) is 12.1 Å². The van der Waals surface area contributed by atoms with Crippen molar-refractivity contribution in [3.05, 3.63) is 29.6 Å². The summed E-state index contributed by atoms with van der Waals surface area (Å²) in [5.41, 5.74) is 5.48. The van der Waals surface area contributed by atoms with E-state index in [1.165, 1.54) is 13.2 Å². The molecule has 0 bridgehead atoms. The summed E-state index contributed by atoms with van der Waals surface area (Å²) in [6.07, 6.45) is 2.70. The van der Waals surface area contributed by atoms with Crippen molar-refractivity contribution in [1.29, 1.82) is 0 Å². The highest BCUT2D eigenvalue weighted by Gasteiger charge is 2.34. The van der Waals surface area contributed by atoms with Crippen LogP contribution in [0.15, 0.2) is 18.2 Å². The van der Waals surface area contributed by atoms with Crippen molar-refractivity contribution in [2.75, 3.05) is 7.11 Å². The molecule has 1 aliphatic rings. The first-order chi connectivity index (χ1) is 8.05. The lowest BCUT2D eigenvalue weighted by Gasteiger charge is -2.35. The van der Waals surface area contributed by atoms with Gasteiger partial charge in [0.15, 0.2) is 11.6 Å². The van der Waals surface area contributed by atoms with Crippen LogP contribution >= 0.6 is 0 Å². The molecule has 2 rings (SSSR count). The molecular formula is C13H18FNO2. The van der Waals surface area contributed by atoms with Crippen LogP contribution in [-0.4, -0.2) is 18.3 Å². The first-order valence-electron chi connectivity index (χ1n) is 5.87. The van der Waals surface area contributed by atoms with Crippen LogP contribution in [0.25, 0.3) is 0 Å². The Balaban J connectivity index is 2.24. The van der Waals surface area contributed by atoms with Crippen molar-refractivity contribution < 1.29 is 14.2 Å². The van der Waals surface area contributed by atoms with Crippen LogP contribution < -0.4 is 10.5 Å². The highest BCUT2D eigenvalue weighted by Crippen LogP contribution is 2.37. The van der Waals surface area contributed by atoms with E-state index in [0.717, 1.165) is 12.8 Å². The maximum absolute atomic E-state index is 13.6. The zero-order valence-electron chi connectivity index (χ0n) is 9.95. The minimum Gasteiger partial charge on any atom is -0.494 e. The monoisotopic (exact) mass is 239 g/mol. The zero-order valence-corrected chi connectivity index (χ0v) is 9.95. The molecule has 1 aromatic rings. The van der Waals surface area contributed by atoms with Crippen molar-refractivity contribution in [3.63, 3.8) is 0 Å². The van der Waals surface area contributed by atoms with Gasteiger partial charge in [-0.3, -0.25) is 0 Å². The fourth-order valence-electron chi connectivity index (χ4n) is 2.36. The first-order valence-corrected chi connectivity index (χ1v) is 5.87. The molecule has 1 aromatic carbocycles. The van der Waals surface area contributed by atoms with Gasteiger partial charge < -0.3 is 15.6 Å². The molecule has 3 nitrogen and oxygen atoms in total. The van der Waals surface area contributed by atoms with Crippen LogP contribution in [0.5, 0.6) is 5.75 Å². The van der Waals surface area contributed by atoms with Crippen LogP contribution in [0.1, 0.15) is 31.2 Å². The lowest BCUT2D eigenvalue weighted by Crippen LogP contribution is -2.36. The Morgan fingerprint density at radius 2 is 2.06 bits per heavy atom. The SMILES string of the molecule is COc1ccc(C2(O)CCC(N)CC2)cc1F. The maximum atomic E-state index is 13.6. The van der Waals surface area contributed by atoms with Gasteiger partial charge in [-0.05, 0) is 43.4 Å². The lowest BCUT2D eigenvalue weighted by atomic mass is 9.78. The summed E-state index contributed by atoms with van der Waals surface area (Å²) in [6, 6.07) is 4.78. The van der Waals surface area contributed by atoms with Gasteiger partial charge in [0, 0.05) is 6.04 Å². The van der Waals surface area contributed by atoms with E-state index in [4.69, 9.17) is 10.5 Å². The van der Waals surface area contributed by atoms with Crippen molar-refractivity contribution in [1.82, 2.24) is 0 Å². The first kappa shape index (κ1) is 12.3. The molecule has 0 unspecified atom stereocenters. The summed E-state index contributed by atoms with van der Waals surface area (Å²) in [4.78, 5) is 0. The van der Waals surface area contributed by atoms with Crippen LogP contribution in [0, 0.1) is 5.82 Å². The van der Waals surface area contributed by atoms with E-state index in [9.17, 15) is 9.50 Å². The molecule has 0 aromatic heterocycles. The van der Waals surface area contributed by atoms with Gasteiger partial charge in [-0.1, -0.05) is 6.07 Å². The number of rotatable bonds is 2. The normalized spacial score (nSPS) is 29.1. The molecule has 4 heteroatoms. The molecular weight excluding hydrogens is 221 g/mol. The molecule has 0 aliphatic heterocycles.